The lowest BCUT2D eigenvalue weighted by Gasteiger charge is -2.28. The zero-order chi connectivity index (χ0) is 15.9. The number of hydrogen-bond acceptors (Lipinski definition) is 2. The molecule has 0 unspecified atom stereocenters. The fourth-order valence-corrected chi connectivity index (χ4v) is 1.89. The fourth-order valence-electron chi connectivity index (χ4n) is 1.89. The first-order valence-electron chi connectivity index (χ1n) is 7.36. The molecule has 0 amide bonds. The molecular formula is C17H30IN3O. The summed E-state index contributed by atoms with van der Waals surface area (Å²) in [5.41, 5.74) is 1.13. The van der Waals surface area contributed by atoms with Gasteiger partial charge in [-0.2, -0.15) is 0 Å². The summed E-state index contributed by atoms with van der Waals surface area (Å²) >= 11 is 0. The number of benzene rings is 1. The molecule has 0 saturated carbocycles. The third kappa shape index (κ3) is 6.96. The van der Waals surface area contributed by atoms with Crippen molar-refractivity contribution >= 4 is 29.9 Å². The van der Waals surface area contributed by atoms with Crippen LogP contribution in [0.5, 0.6) is 0 Å². The predicted molar refractivity (Wildman–Crippen MR) is 105 cm³/mol. The number of guanidine groups is 1. The van der Waals surface area contributed by atoms with E-state index in [9.17, 15) is 0 Å². The number of methoxy groups -OCH3 is 1. The van der Waals surface area contributed by atoms with Gasteiger partial charge in [-0.3, -0.25) is 4.99 Å². The molecule has 0 aliphatic heterocycles. The average Bonchev–Trinajstić information content (AvgIpc) is 2.48. The summed E-state index contributed by atoms with van der Waals surface area (Å²) in [5, 5.41) is 6.69. The highest BCUT2D eigenvalue weighted by atomic mass is 127. The van der Waals surface area contributed by atoms with Gasteiger partial charge in [0.05, 0.1) is 5.60 Å². The summed E-state index contributed by atoms with van der Waals surface area (Å²) in [4.78, 5) is 4.26. The molecule has 2 N–H and O–H groups in total. The molecule has 0 spiro atoms. The Morgan fingerprint density at radius 1 is 1.05 bits per heavy atom. The number of rotatable bonds is 6. The summed E-state index contributed by atoms with van der Waals surface area (Å²) in [6.45, 7) is 10.0. The van der Waals surface area contributed by atoms with Crippen LogP contribution in [0.2, 0.25) is 0 Å². The fraction of sp³-hybridized carbons (Fsp3) is 0.588. The second-order valence-corrected chi connectivity index (χ2v) is 6.49. The molecule has 0 aliphatic rings. The van der Waals surface area contributed by atoms with Crippen molar-refractivity contribution < 1.29 is 4.74 Å². The van der Waals surface area contributed by atoms with Crippen LogP contribution in [-0.2, 0) is 10.2 Å². The lowest BCUT2D eigenvalue weighted by atomic mass is 9.85. The van der Waals surface area contributed by atoms with Gasteiger partial charge in [0.2, 0.25) is 0 Å². The highest BCUT2D eigenvalue weighted by molar-refractivity contribution is 14.0. The molecule has 0 saturated heterocycles. The second-order valence-electron chi connectivity index (χ2n) is 6.49. The Balaban J connectivity index is 0.00000441. The standard InChI is InChI=1S/C17H29N3O.HI/c1-16(2,14-10-8-7-9-11-14)12-19-15(18-5)20-13-17(3,4)21-6;/h7-11H,12-13H2,1-6H3,(H2,18,19,20);1H. The van der Waals surface area contributed by atoms with Crippen LogP contribution in [0.4, 0.5) is 0 Å². The lowest BCUT2D eigenvalue weighted by molar-refractivity contribution is 0.0268. The largest absolute Gasteiger partial charge is 0.377 e. The maximum Gasteiger partial charge on any atom is 0.191 e. The normalized spacial score (nSPS) is 12.5. The summed E-state index contributed by atoms with van der Waals surface area (Å²) in [5.74, 6) is 0.795. The van der Waals surface area contributed by atoms with Crippen LogP contribution in [0.1, 0.15) is 33.3 Å². The van der Waals surface area contributed by atoms with E-state index in [1.165, 1.54) is 5.56 Å². The van der Waals surface area contributed by atoms with Crippen molar-refractivity contribution in [1.29, 1.82) is 0 Å². The minimum absolute atomic E-state index is 0. The van der Waals surface area contributed by atoms with Crippen LogP contribution in [0.3, 0.4) is 0 Å². The molecule has 1 aromatic rings. The third-order valence-corrected chi connectivity index (χ3v) is 3.71. The molecule has 0 bridgehead atoms. The van der Waals surface area contributed by atoms with E-state index in [0.29, 0.717) is 6.54 Å². The molecule has 0 aliphatic carbocycles. The molecule has 5 heteroatoms. The molecular weight excluding hydrogens is 389 g/mol. The van der Waals surface area contributed by atoms with Crippen LogP contribution < -0.4 is 10.6 Å². The van der Waals surface area contributed by atoms with Gasteiger partial charge in [-0.15, -0.1) is 24.0 Å². The molecule has 4 nitrogen and oxygen atoms in total. The number of aliphatic imine (C=N–C) groups is 1. The summed E-state index contributed by atoms with van der Waals surface area (Å²) < 4.78 is 5.40. The summed E-state index contributed by atoms with van der Waals surface area (Å²) in [6, 6.07) is 10.5. The lowest BCUT2D eigenvalue weighted by Crippen LogP contribution is -2.48. The van der Waals surface area contributed by atoms with Gasteiger partial charge in [-0.1, -0.05) is 44.2 Å². The first-order valence-corrected chi connectivity index (χ1v) is 7.36. The van der Waals surface area contributed by atoms with Gasteiger partial charge in [-0.05, 0) is 19.4 Å². The molecule has 0 aromatic heterocycles. The van der Waals surface area contributed by atoms with Gasteiger partial charge in [0.1, 0.15) is 0 Å². The van der Waals surface area contributed by atoms with Gasteiger partial charge in [0.25, 0.3) is 0 Å². The summed E-state index contributed by atoms with van der Waals surface area (Å²) in [6.07, 6.45) is 0. The van der Waals surface area contributed by atoms with Crippen molar-refractivity contribution in [3.05, 3.63) is 35.9 Å². The Labute approximate surface area is 152 Å². The van der Waals surface area contributed by atoms with Gasteiger partial charge in [0.15, 0.2) is 5.96 Å². The first-order chi connectivity index (χ1) is 9.80. The highest BCUT2D eigenvalue weighted by Gasteiger charge is 2.21. The van der Waals surface area contributed by atoms with E-state index in [1.807, 2.05) is 19.9 Å². The van der Waals surface area contributed by atoms with E-state index in [2.05, 4.69) is 53.7 Å². The number of hydrogen-bond donors (Lipinski definition) is 2. The summed E-state index contributed by atoms with van der Waals surface area (Å²) in [7, 11) is 3.50. The molecule has 1 rings (SSSR count). The zero-order valence-electron chi connectivity index (χ0n) is 14.6. The quantitative estimate of drug-likeness (QED) is 0.423. The van der Waals surface area contributed by atoms with Crippen molar-refractivity contribution in [2.24, 2.45) is 4.99 Å². The van der Waals surface area contributed by atoms with Gasteiger partial charge in [0, 0.05) is 32.7 Å². The van der Waals surface area contributed by atoms with Crippen LogP contribution in [0.25, 0.3) is 0 Å². The maximum absolute atomic E-state index is 5.40. The average molecular weight is 419 g/mol. The van der Waals surface area contributed by atoms with Crippen molar-refractivity contribution in [2.75, 3.05) is 27.2 Å². The number of nitrogens with one attached hydrogen (secondary N) is 2. The Bertz CT molecular complexity index is 458. The Hall–Kier alpha value is -0.820. The minimum Gasteiger partial charge on any atom is -0.377 e. The van der Waals surface area contributed by atoms with Crippen LogP contribution in [0.15, 0.2) is 35.3 Å². The number of halogens is 1. The van der Waals surface area contributed by atoms with Crippen LogP contribution in [0, 0.1) is 0 Å². The molecule has 0 radical (unpaired) electrons. The first kappa shape index (κ1) is 21.2. The molecule has 0 atom stereocenters. The van der Waals surface area contributed by atoms with E-state index in [4.69, 9.17) is 4.74 Å². The van der Waals surface area contributed by atoms with Gasteiger partial charge in [-0.25, -0.2) is 0 Å². The highest BCUT2D eigenvalue weighted by Crippen LogP contribution is 2.21. The van der Waals surface area contributed by atoms with Crippen LogP contribution >= 0.6 is 24.0 Å². The van der Waals surface area contributed by atoms with E-state index in [1.54, 1.807) is 14.2 Å². The van der Waals surface area contributed by atoms with E-state index in [-0.39, 0.29) is 35.0 Å². The Kier molecular flexibility index (Phi) is 9.00. The Morgan fingerprint density at radius 2 is 1.59 bits per heavy atom. The topological polar surface area (TPSA) is 45.7 Å². The third-order valence-electron chi connectivity index (χ3n) is 3.71. The van der Waals surface area contributed by atoms with Crippen LogP contribution in [-0.4, -0.2) is 38.8 Å². The number of nitrogens with zero attached hydrogens (tertiary/aromatic N) is 1. The predicted octanol–water partition coefficient (Wildman–Crippen LogP) is 3.17. The molecule has 126 valence electrons. The SMILES string of the molecule is CN=C(NCC(C)(C)OC)NCC(C)(C)c1ccccc1.I. The second kappa shape index (κ2) is 9.35. The van der Waals surface area contributed by atoms with E-state index in [0.717, 1.165) is 12.5 Å². The van der Waals surface area contributed by atoms with Gasteiger partial charge < -0.3 is 15.4 Å². The number of ether oxygens (including phenoxy) is 1. The van der Waals surface area contributed by atoms with Crippen molar-refractivity contribution in [3.63, 3.8) is 0 Å². The molecule has 22 heavy (non-hydrogen) atoms. The molecule has 0 heterocycles. The Morgan fingerprint density at radius 3 is 2.09 bits per heavy atom. The zero-order valence-corrected chi connectivity index (χ0v) is 16.9. The van der Waals surface area contributed by atoms with Crippen molar-refractivity contribution in [3.8, 4) is 0 Å². The van der Waals surface area contributed by atoms with Gasteiger partial charge >= 0.3 is 0 Å². The minimum atomic E-state index is -0.216. The van der Waals surface area contributed by atoms with E-state index >= 15 is 0 Å². The van der Waals surface area contributed by atoms with Crippen molar-refractivity contribution in [2.45, 2.75) is 38.7 Å². The molecule has 0 fully saturated rings. The monoisotopic (exact) mass is 419 g/mol. The molecule has 1 aromatic carbocycles. The smallest absolute Gasteiger partial charge is 0.191 e. The van der Waals surface area contributed by atoms with Crippen molar-refractivity contribution in [1.82, 2.24) is 10.6 Å². The maximum atomic E-state index is 5.40. The van der Waals surface area contributed by atoms with E-state index < -0.39 is 0 Å².